The monoisotopic (exact) mass is 569 g/mol. The zero-order valence-electron chi connectivity index (χ0n) is 23.6. The van der Waals surface area contributed by atoms with Gasteiger partial charge >= 0.3 is 0 Å². The summed E-state index contributed by atoms with van der Waals surface area (Å²) in [6.07, 6.45) is 0. The second-order valence-electron chi connectivity index (χ2n) is 11.0. The molecule has 6 aromatic rings. The summed E-state index contributed by atoms with van der Waals surface area (Å²) in [7, 11) is 0. The van der Waals surface area contributed by atoms with Crippen molar-refractivity contribution in [2.75, 3.05) is 4.90 Å². The highest BCUT2D eigenvalue weighted by molar-refractivity contribution is 7.98. The van der Waals surface area contributed by atoms with Crippen molar-refractivity contribution in [3.05, 3.63) is 163 Å². The molecule has 2 aliphatic heterocycles. The summed E-state index contributed by atoms with van der Waals surface area (Å²) in [5, 5.41) is 0. The topological polar surface area (TPSA) is 12.5 Å². The van der Waals surface area contributed by atoms with Crippen molar-refractivity contribution in [2.45, 2.75) is 10.6 Å². The molecule has 0 unspecified atom stereocenters. The van der Waals surface area contributed by atoms with Crippen LogP contribution < -0.4 is 20.6 Å². The molecule has 0 amide bonds. The number of thioether (sulfide) groups is 1. The zero-order valence-corrected chi connectivity index (χ0v) is 24.4. The van der Waals surface area contributed by atoms with Crippen LogP contribution in [0.4, 0.5) is 17.1 Å². The Balaban J connectivity index is 1.35. The van der Waals surface area contributed by atoms with Crippen LogP contribution in [0.2, 0.25) is 0 Å². The van der Waals surface area contributed by atoms with Crippen LogP contribution in [0.5, 0.6) is 11.5 Å². The summed E-state index contributed by atoms with van der Waals surface area (Å²) < 4.78 is 6.90. The Morgan fingerprint density at radius 1 is 0.605 bits per heavy atom. The maximum atomic E-state index is 6.90. The highest BCUT2D eigenvalue weighted by atomic mass is 32.2. The molecule has 2 heterocycles. The van der Waals surface area contributed by atoms with Gasteiger partial charge in [-0.15, -0.1) is 18.3 Å². The van der Waals surface area contributed by atoms with E-state index in [1.54, 1.807) is 0 Å². The van der Waals surface area contributed by atoms with E-state index in [4.69, 9.17) is 11.3 Å². The molecule has 6 aromatic carbocycles. The molecule has 0 aromatic heterocycles. The molecule has 0 atom stereocenters. The lowest BCUT2D eigenvalue weighted by molar-refractivity contribution is 0.487. The predicted molar refractivity (Wildman–Crippen MR) is 183 cm³/mol. The van der Waals surface area contributed by atoms with Gasteiger partial charge in [0.1, 0.15) is 11.5 Å². The molecule has 2 aliphatic rings. The summed E-state index contributed by atoms with van der Waals surface area (Å²) in [5.41, 5.74) is 11.6. The van der Waals surface area contributed by atoms with Gasteiger partial charge < -0.3 is 9.64 Å². The lowest BCUT2D eigenvalue weighted by Gasteiger charge is -2.34. The van der Waals surface area contributed by atoms with E-state index in [-0.39, 0.29) is 6.71 Å². The minimum Gasteiger partial charge on any atom is -0.458 e. The first-order valence-electron chi connectivity index (χ1n) is 14.6. The Kier molecular flexibility index (Phi) is 6.42. The molecule has 2 nitrogen and oxygen atoms in total. The third kappa shape index (κ3) is 4.55. The number of anilines is 3. The summed E-state index contributed by atoms with van der Waals surface area (Å²) in [6, 6.07) is 51.5. The molecule has 0 saturated carbocycles. The maximum absolute atomic E-state index is 6.90. The van der Waals surface area contributed by atoms with Crippen LogP contribution in [0, 0.1) is 0 Å². The van der Waals surface area contributed by atoms with Crippen LogP contribution in [0.15, 0.2) is 157 Å². The highest BCUT2D eigenvalue weighted by Gasteiger charge is 2.38. The molecule has 0 fully saturated rings. The second-order valence-corrected chi connectivity index (χ2v) is 12.0. The van der Waals surface area contributed by atoms with E-state index in [2.05, 4.69) is 150 Å². The Bertz CT molecular complexity index is 1940. The standard InChI is InChI=1S/C39H28BNOS/c1-27-34-19-11-12-20-38(34)43-26-30-23-33(41(31-15-7-3-8-16-31)32-17-9-4-10-18-32)25-37-39(30)40(27)35-22-21-29(24-36(35)42-37)28-13-5-2-6-14-28/h2-25H,1,26H2. The van der Waals surface area contributed by atoms with Gasteiger partial charge in [-0.2, -0.15) is 0 Å². The van der Waals surface area contributed by atoms with E-state index in [1.165, 1.54) is 27.0 Å². The van der Waals surface area contributed by atoms with Gasteiger partial charge in [0.15, 0.2) is 0 Å². The largest absolute Gasteiger partial charge is 0.458 e. The van der Waals surface area contributed by atoms with Gasteiger partial charge in [-0.3, -0.25) is 0 Å². The average Bonchev–Trinajstić information content (AvgIpc) is 3.06. The Morgan fingerprint density at radius 3 is 1.98 bits per heavy atom. The van der Waals surface area contributed by atoms with Crippen molar-refractivity contribution in [2.24, 2.45) is 0 Å². The molecule has 0 saturated heterocycles. The Labute approximate surface area is 257 Å². The van der Waals surface area contributed by atoms with Gasteiger partial charge in [-0.05, 0) is 75.6 Å². The Hall–Kier alpha value is -4.93. The second kappa shape index (κ2) is 10.7. The van der Waals surface area contributed by atoms with Crippen LogP contribution in [0.3, 0.4) is 0 Å². The minimum atomic E-state index is -0.00317. The van der Waals surface area contributed by atoms with E-state index < -0.39 is 0 Å². The molecule has 0 bridgehead atoms. The predicted octanol–water partition coefficient (Wildman–Crippen LogP) is 9.40. The van der Waals surface area contributed by atoms with Crippen LogP contribution in [-0.2, 0) is 5.75 Å². The molecule has 204 valence electrons. The first-order valence-corrected chi connectivity index (χ1v) is 15.6. The lowest BCUT2D eigenvalue weighted by Crippen LogP contribution is -2.49. The summed E-state index contributed by atoms with van der Waals surface area (Å²) in [4.78, 5) is 3.58. The van der Waals surface area contributed by atoms with Crippen molar-refractivity contribution in [3.63, 3.8) is 0 Å². The first-order chi connectivity index (χ1) is 21.2. The van der Waals surface area contributed by atoms with Crippen molar-refractivity contribution >= 4 is 51.9 Å². The molecule has 0 spiro atoms. The van der Waals surface area contributed by atoms with Crippen LogP contribution >= 0.6 is 11.8 Å². The van der Waals surface area contributed by atoms with Gasteiger partial charge in [-0.25, -0.2) is 0 Å². The lowest BCUT2D eigenvalue weighted by atomic mass is 9.34. The van der Waals surface area contributed by atoms with Crippen molar-refractivity contribution < 1.29 is 4.74 Å². The van der Waals surface area contributed by atoms with E-state index in [0.29, 0.717) is 0 Å². The average molecular weight is 570 g/mol. The normalized spacial score (nSPS) is 13.1. The van der Waals surface area contributed by atoms with E-state index >= 15 is 0 Å². The molecule has 4 heteroatoms. The summed E-state index contributed by atoms with van der Waals surface area (Å²) >= 11 is 1.87. The van der Waals surface area contributed by atoms with Gasteiger partial charge in [0.25, 0.3) is 6.71 Å². The molecular weight excluding hydrogens is 541 g/mol. The summed E-state index contributed by atoms with van der Waals surface area (Å²) in [5.74, 6) is 2.63. The fraction of sp³-hybridized carbons (Fsp3) is 0.0256. The number of rotatable bonds is 4. The molecule has 43 heavy (non-hydrogen) atoms. The van der Waals surface area contributed by atoms with Gasteiger partial charge in [-0.1, -0.05) is 103 Å². The van der Waals surface area contributed by atoms with Crippen molar-refractivity contribution in [1.29, 1.82) is 0 Å². The molecular formula is C39H28BNOS. The number of fused-ring (bicyclic) bond motifs is 3. The molecule has 0 aliphatic carbocycles. The number of para-hydroxylation sites is 2. The number of nitrogens with zero attached hydrogens (tertiary/aromatic N) is 1. The SMILES string of the molecule is C=C1B2c3ccc(-c4ccccc4)cc3Oc3cc(N(c4ccccc4)c4ccccc4)cc(c32)CSc2ccccc21. The first kappa shape index (κ1) is 25.8. The number of hydrogen-bond donors (Lipinski definition) is 0. The minimum absolute atomic E-state index is 0.00317. The molecule has 8 rings (SSSR count). The van der Waals surface area contributed by atoms with Crippen molar-refractivity contribution in [3.8, 4) is 22.6 Å². The summed E-state index contributed by atoms with van der Waals surface area (Å²) in [6.45, 7) is 4.73. The highest BCUT2D eigenvalue weighted by Crippen LogP contribution is 2.43. The fourth-order valence-electron chi connectivity index (χ4n) is 6.41. The number of hydrogen-bond acceptors (Lipinski definition) is 3. The van der Waals surface area contributed by atoms with Gasteiger partial charge in [0.05, 0.1) is 5.69 Å². The van der Waals surface area contributed by atoms with Crippen LogP contribution in [-0.4, -0.2) is 6.71 Å². The number of ether oxygens (including phenoxy) is 1. The smallest absolute Gasteiger partial charge is 0.251 e. The molecule has 0 N–H and O–H groups in total. The Morgan fingerprint density at radius 2 is 1.26 bits per heavy atom. The maximum Gasteiger partial charge on any atom is 0.251 e. The van der Waals surface area contributed by atoms with Crippen LogP contribution in [0.25, 0.3) is 16.6 Å². The van der Waals surface area contributed by atoms with Gasteiger partial charge in [0.2, 0.25) is 0 Å². The third-order valence-electron chi connectivity index (χ3n) is 8.40. The zero-order chi connectivity index (χ0) is 28.8. The molecule has 0 radical (unpaired) electrons. The van der Waals surface area contributed by atoms with Crippen LogP contribution in [0.1, 0.15) is 11.1 Å². The number of benzene rings is 6. The van der Waals surface area contributed by atoms with Gasteiger partial charge in [0, 0.05) is 28.1 Å². The van der Waals surface area contributed by atoms with Crippen molar-refractivity contribution in [1.82, 2.24) is 0 Å². The van der Waals surface area contributed by atoms with E-state index in [1.807, 2.05) is 11.8 Å². The fourth-order valence-corrected chi connectivity index (χ4v) is 7.49. The third-order valence-corrected chi connectivity index (χ3v) is 9.53. The van der Waals surface area contributed by atoms with E-state index in [9.17, 15) is 0 Å². The quantitative estimate of drug-likeness (QED) is 0.196. The van der Waals surface area contributed by atoms with E-state index in [0.717, 1.165) is 50.8 Å².